The molecule has 0 spiro atoms. The van der Waals surface area contributed by atoms with Crippen LogP contribution < -0.4 is 10.6 Å². The summed E-state index contributed by atoms with van der Waals surface area (Å²) in [5.74, 6) is -1.64. The summed E-state index contributed by atoms with van der Waals surface area (Å²) in [6.45, 7) is 10.6. The van der Waals surface area contributed by atoms with E-state index in [1.54, 1.807) is 0 Å². The van der Waals surface area contributed by atoms with Gasteiger partial charge < -0.3 is 15.7 Å². The molecule has 1 heterocycles. The molecule has 1 aliphatic heterocycles. The fourth-order valence-electron chi connectivity index (χ4n) is 6.37. The minimum atomic E-state index is -0.939. The van der Waals surface area contributed by atoms with Gasteiger partial charge in [0.05, 0.1) is 12.1 Å². The molecule has 39 heavy (non-hydrogen) atoms. The number of hydrogen-bond donors (Lipinski definition) is 3. The summed E-state index contributed by atoms with van der Waals surface area (Å²) in [7, 11) is 0. The van der Waals surface area contributed by atoms with E-state index in [9.17, 15) is 18.7 Å². The van der Waals surface area contributed by atoms with E-state index < -0.39 is 23.8 Å². The molecule has 0 radical (unpaired) electrons. The predicted molar refractivity (Wildman–Crippen MR) is 152 cm³/mol. The Balaban J connectivity index is 1.56. The number of hydrogen-bond acceptors (Lipinski definition) is 4. The molecular formula is C32H45F2N3O2. The van der Waals surface area contributed by atoms with Crippen molar-refractivity contribution in [3.05, 3.63) is 70.3 Å². The number of benzene rings is 2. The molecule has 1 unspecified atom stereocenters. The molecule has 3 N–H and O–H groups in total. The van der Waals surface area contributed by atoms with Gasteiger partial charge in [0.25, 0.3) is 0 Å². The van der Waals surface area contributed by atoms with Crippen LogP contribution in [0.15, 0.2) is 36.4 Å². The van der Waals surface area contributed by atoms with Crippen molar-refractivity contribution in [2.45, 2.75) is 96.9 Å². The van der Waals surface area contributed by atoms with Crippen molar-refractivity contribution in [3.63, 3.8) is 0 Å². The maximum absolute atomic E-state index is 13.8. The number of carbonyl (C=O) groups is 1. The van der Waals surface area contributed by atoms with Gasteiger partial charge in [0.1, 0.15) is 11.6 Å². The number of fused-ring (bicyclic) bond motifs is 1. The van der Waals surface area contributed by atoms with Gasteiger partial charge in [-0.15, -0.1) is 0 Å². The highest BCUT2D eigenvalue weighted by Crippen LogP contribution is 2.36. The van der Waals surface area contributed by atoms with Gasteiger partial charge in [0.2, 0.25) is 5.91 Å². The van der Waals surface area contributed by atoms with E-state index in [1.807, 2.05) is 0 Å². The fraction of sp³-hybridized carbons (Fsp3) is 0.594. The second kappa shape index (κ2) is 12.9. The lowest BCUT2D eigenvalue weighted by molar-refractivity contribution is -0.120. The third-order valence-corrected chi connectivity index (χ3v) is 8.01. The van der Waals surface area contributed by atoms with Crippen LogP contribution >= 0.6 is 0 Å². The number of nitrogens with one attached hydrogen (secondary N) is 2. The molecule has 4 rings (SSSR count). The molecule has 214 valence electrons. The van der Waals surface area contributed by atoms with Crippen molar-refractivity contribution >= 4 is 5.91 Å². The number of carbonyl (C=O) groups excluding carboxylic acids is 1. The first-order valence-corrected chi connectivity index (χ1v) is 14.5. The highest BCUT2D eigenvalue weighted by atomic mass is 19.1. The van der Waals surface area contributed by atoms with Crippen LogP contribution in [0, 0.1) is 17.0 Å². The first kappa shape index (κ1) is 29.6. The Morgan fingerprint density at radius 2 is 1.74 bits per heavy atom. The number of rotatable bonds is 9. The van der Waals surface area contributed by atoms with E-state index in [4.69, 9.17) is 0 Å². The molecule has 2 aliphatic rings. The number of aryl methyl sites for hydroxylation is 1. The fourth-order valence-corrected chi connectivity index (χ4v) is 6.37. The van der Waals surface area contributed by atoms with Crippen LogP contribution in [0.3, 0.4) is 0 Å². The zero-order valence-electron chi connectivity index (χ0n) is 23.9. The minimum Gasteiger partial charge on any atom is -0.390 e. The van der Waals surface area contributed by atoms with E-state index in [0.29, 0.717) is 11.6 Å². The van der Waals surface area contributed by atoms with Crippen molar-refractivity contribution in [2.24, 2.45) is 5.41 Å². The maximum atomic E-state index is 13.8. The molecule has 1 fully saturated rings. The molecule has 0 bridgehead atoms. The summed E-state index contributed by atoms with van der Waals surface area (Å²) in [6, 6.07) is 9.88. The normalized spacial score (nSPS) is 21.7. The average molecular weight is 542 g/mol. The molecular weight excluding hydrogens is 496 g/mol. The summed E-state index contributed by atoms with van der Waals surface area (Å²) >= 11 is 0. The molecule has 1 amide bonds. The van der Waals surface area contributed by atoms with Crippen molar-refractivity contribution in [1.29, 1.82) is 0 Å². The summed E-state index contributed by atoms with van der Waals surface area (Å²) < 4.78 is 27.6. The Bertz CT molecular complexity index is 1110. The van der Waals surface area contributed by atoms with Crippen LogP contribution in [-0.4, -0.2) is 53.7 Å². The highest BCUT2D eigenvalue weighted by molar-refractivity contribution is 5.73. The number of aliphatic hydroxyl groups excluding tert-OH is 1. The topological polar surface area (TPSA) is 64.6 Å². The number of likely N-dealkylation sites (tertiary alicyclic amines) is 1. The molecule has 1 saturated heterocycles. The van der Waals surface area contributed by atoms with E-state index in [1.165, 1.54) is 55.0 Å². The van der Waals surface area contributed by atoms with Gasteiger partial charge >= 0.3 is 0 Å². The molecule has 2 aromatic carbocycles. The third-order valence-electron chi connectivity index (χ3n) is 8.01. The Hall–Kier alpha value is -2.35. The predicted octanol–water partition coefficient (Wildman–Crippen LogP) is 5.09. The number of aliphatic hydroxyl groups is 1. The number of piperidine rings is 1. The summed E-state index contributed by atoms with van der Waals surface area (Å²) in [5.41, 5.74) is 4.54. The zero-order valence-corrected chi connectivity index (χ0v) is 23.9. The Labute approximate surface area is 232 Å². The molecule has 0 saturated carbocycles. The van der Waals surface area contributed by atoms with Crippen molar-refractivity contribution in [3.8, 4) is 0 Å². The van der Waals surface area contributed by atoms with Gasteiger partial charge in [-0.2, -0.15) is 0 Å². The first-order valence-electron chi connectivity index (χ1n) is 14.5. The number of nitrogens with zero attached hydrogens (tertiary/aromatic N) is 1. The molecule has 4 atom stereocenters. The van der Waals surface area contributed by atoms with Crippen molar-refractivity contribution in [2.75, 3.05) is 19.6 Å². The summed E-state index contributed by atoms with van der Waals surface area (Å²) in [4.78, 5) is 14.6. The molecule has 1 aliphatic carbocycles. The van der Waals surface area contributed by atoms with Crippen LogP contribution in [0.5, 0.6) is 0 Å². The standard InChI is InChI=1S/C32H45F2N3O2/c1-21(38)36-28(17-23-14-25(33)18-26(34)15-23)30(39)20-35-31-27-16-22(19-32(2,3)4)8-9-24(27)10-11-29(31)37-12-6-5-7-13-37/h8-9,14-16,18,28-31,35,39H,5-7,10-13,17,19-20H2,1-4H3,(H,36,38)/t28-,29?,30+,31+/m0/s1. The van der Waals surface area contributed by atoms with Crippen molar-refractivity contribution in [1.82, 2.24) is 15.5 Å². The van der Waals surface area contributed by atoms with Crippen LogP contribution in [0.2, 0.25) is 0 Å². The Kier molecular flexibility index (Phi) is 9.78. The Morgan fingerprint density at radius 1 is 1.05 bits per heavy atom. The smallest absolute Gasteiger partial charge is 0.217 e. The lowest BCUT2D eigenvalue weighted by atomic mass is 9.79. The summed E-state index contributed by atoms with van der Waals surface area (Å²) in [6.07, 6.45) is 5.94. The SMILES string of the molecule is CC(=O)N[C@@H](Cc1cc(F)cc(F)c1)[C@H](O)CN[C@@H]1c2cc(CC(C)(C)C)ccc2CCC1N1CCCCC1. The van der Waals surface area contributed by atoms with Gasteiger partial charge in [-0.25, -0.2) is 8.78 Å². The third kappa shape index (κ3) is 8.32. The lowest BCUT2D eigenvalue weighted by Gasteiger charge is -2.43. The van der Waals surface area contributed by atoms with E-state index in [2.05, 4.69) is 54.5 Å². The monoisotopic (exact) mass is 541 g/mol. The van der Waals surface area contributed by atoms with Crippen LogP contribution in [0.4, 0.5) is 8.78 Å². The quantitative estimate of drug-likeness (QED) is 0.414. The van der Waals surface area contributed by atoms with Crippen LogP contribution in [-0.2, 0) is 24.1 Å². The van der Waals surface area contributed by atoms with Gasteiger partial charge in [0.15, 0.2) is 0 Å². The van der Waals surface area contributed by atoms with Crippen LogP contribution in [0.1, 0.15) is 81.7 Å². The Morgan fingerprint density at radius 3 is 2.38 bits per heavy atom. The van der Waals surface area contributed by atoms with Crippen LogP contribution in [0.25, 0.3) is 0 Å². The molecule has 2 aromatic rings. The number of halogens is 2. The minimum absolute atomic E-state index is 0.0472. The van der Waals surface area contributed by atoms with E-state index >= 15 is 0 Å². The van der Waals surface area contributed by atoms with Gasteiger partial charge in [-0.1, -0.05) is 45.4 Å². The zero-order chi connectivity index (χ0) is 28.2. The van der Waals surface area contributed by atoms with E-state index in [-0.39, 0.29) is 30.3 Å². The second-order valence-corrected chi connectivity index (χ2v) is 12.7. The number of amides is 1. The van der Waals surface area contributed by atoms with Gasteiger partial charge in [-0.05, 0) is 91.4 Å². The highest BCUT2D eigenvalue weighted by Gasteiger charge is 2.35. The lowest BCUT2D eigenvalue weighted by Crippen LogP contribution is -2.53. The average Bonchev–Trinajstić information content (AvgIpc) is 2.85. The maximum Gasteiger partial charge on any atom is 0.217 e. The van der Waals surface area contributed by atoms with Crippen molar-refractivity contribution < 1.29 is 18.7 Å². The van der Waals surface area contributed by atoms with Gasteiger partial charge in [-0.3, -0.25) is 9.69 Å². The molecule has 5 nitrogen and oxygen atoms in total. The van der Waals surface area contributed by atoms with E-state index in [0.717, 1.165) is 38.4 Å². The summed E-state index contributed by atoms with van der Waals surface area (Å²) in [5, 5.41) is 17.7. The molecule has 7 heteroatoms. The van der Waals surface area contributed by atoms with Gasteiger partial charge in [0, 0.05) is 31.6 Å². The second-order valence-electron chi connectivity index (χ2n) is 12.7. The first-order chi connectivity index (χ1) is 18.5. The largest absolute Gasteiger partial charge is 0.390 e. The molecule has 0 aromatic heterocycles.